The molecule has 0 N–H and O–H groups in total. The molecule has 2 aromatic rings. The highest BCUT2D eigenvalue weighted by molar-refractivity contribution is 5.47. The molecule has 0 saturated carbocycles. The Morgan fingerprint density at radius 1 is 0.970 bits per heavy atom. The molecule has 180 valence electrons. The highest BCUT2D eigenvalue weighted by atomic mass is 16.5. The van der Waals surface area contributed by atoms with E-state index in [1.807, 2.05) is 18.2 Å². The van der Waals surface area contributed by atoms with Gasteiger partial charge in [-0.15, -0.1) is 0 Å². The summed E-state index contributed by atoms with van der Waals surface area (Å²) in [6.07, 6.45) is 2.83. The van der Waals surface area contributed by atoms with Gasteiger partial charge in [0.2, 0.25) is 0 Å². The molecule has 0 amide bonds. The zero-order valence-electron chi connectivity index (χ0n) is 21.4. The number of nitrogens with zero attached hydrogens (tertiary/aromatic N) is 2. The van der Waals surface area contributed by atoms with E-state index in [1.165, 1.54) is 11.1 Å². The molecule has 0 spiro atoms. The van der Waals surface area contributed by atoms with E-state index in [1.54, 1.807) is 21.3 Å². The van der Waals surface area contributed by atoms with Crippen LogP contribution in [0.2, 0.25) is 0 Å². The van der Waals surface area contributed by atoms with Gasteiger partial charge in [0.25, 0.3) is 0 Å². The van der Waals surface area contributed by atoms with E-state index in [2.05, 4.69) is 63.1 Å². The Labute approximate surface area is 200 Å². The van der Waals surface area contributed by atoms with Crippen molar-refractivity contribution < 1.29 is 14.2 Å². The van der Waals surface area contributed by atoms with E-state index in [0.29, 0.717) is 11.5 Å². The summed E-state index contributed by atoms with van der Waals surface area (Å²) in [4.78, 5) is 2.35. The SMILES string of the molecule is COc1ccc(C(C#N)(CCCN(C)CCc2cccc(C(C)OC)c2)C(C)C)cc1OC. The van der Waals surface area contributed by atoms with Crippen LogP contribution in [0.4, 0.5) is 0 Å². The molecule has 0 aromatic heterocycles. The largest absolute Gasteiger partial charge is 0.493 e. The predicted octanol–water partition coefficient (Wildman–Crippen LogP) is 5.78. The molecule has 0 saturated heterocycles. The van der Waals surface area contributed by atoms with Crippen molar-refractivity contribution in [3.63, 3.8) is 0 Å². The number of rotatable bonds is 13. The molecule has 2 unspecified atom stereocenters. The molecule has 0 fully saturated rings. The van der Waals surface area contributed by atoms with Crippen LogP contribution in [0.3, 0.4) is 0 Å². The van der Waals surface area contributed by atoms with E-state index in [-0.39, 0.29) is 12.0 Å². The van der Waals surface area contributed by atoms with Gasteiger partial charge in [-0.1, -0.05) is 44.2 Å². The first-order valence-electron chi connectivity index (χ1n) is 11.7. The monoisotopic (exact) mass is 452 g/mol. The molecule has 0 bridgehead atoms. The number of hydrogen-bond donors (Lipinski definition) is 0. The average molecular weight is 453 g/mol. The molecule has 0 heterocycles. The first-order valence-corrected chi connectivity index (χ1v) is 11.7. The van der Waals surface area contributed by atoms with Crippen LogP contribution in [0.1, 0.15) is 56.4 Å². The predicted molar refractivity (Wildman–Crippen MR) is 134 cm³/mol. The summed E-state index contributed by atoms with van der Waals surface area (Å²) in [6.45, 7) is 8.23. The highest BCUT2D eigenvalue weighted by Crippen LogP contribution is 2.40. The van der Waals surface area contributed by atoms with Crippen LogP contribution in [0.5, 0.6) is 11.5 Å². The third-order valence-corrected chi connectivity index (χ3v) is 6.75. The van der Waals surface area contributed by atoms with E-state index >= 15 is 0 Å². The Morgan fingerprint density at radius 2 is 1.70 bits per heavy atom. The normalized spacial score (nSPS) is 14.1. The first kappa shape index (κ1) is 26.7. The molecule has 2 atom stereocenters. The summed E-state index contributed by atoms with van der Waals surface area (Å²) >= 11 is 0. The van der Waals surface area contributed by atoms with Gasteiger partial charge in [-0.25, -0.2) is 0 Å². The van der Waals surface area contributed by atoms with Gasteiger partial charge in [-0.05, 0) is 74.5 Å². The fourth-order valence-electron chi connectivity index (χ4n) is 4.33. The maximum Gasteiger partial charge on any atom is 0.161 e. The van der Waals surface area contributed by atoms with E-state index in [4.69, 9.17) is 14.2 Å². The van der Waals surface area contributed by atoms with Crippen molar-refractivity contribution in [2.75, 3.05) is 41.5 Å². The second kappa shape index (κ2) is 12.6. The van der Waals surface area contributed by atoms with Crippen LogP contribution in [-0.4, -0.2) is 46.4 Å². The average Bonchev–Trinajstić information content (AvgIpc) is 2.84. The molecule has 2 aromatic carbocycles. The van der Waals surface area contributed by atoms with Gasteiger partial charge >= 0.3 is 0 Å². The fraction of sp³-hybridized carbons (Fsp3) is 0.536. The quantitative estimate of drug-likeness (QED) is 0.385. The lowest BCUT2D eigenvalue weighted by Gasteiger charge is -2.32. The van der Waals surface area contributed by atoms with Crippen molar-refractivity contribution in [3.05, 3.63) is 59.2 Å². The minimum absolute atomic E-state index is 0.106. The first-order chi connectivity index (χ1) is 15.8. The smallest absolute Gasteiger partial charge is 0.161 e. The summed E-state index contributed by atoms with van der Waals surface area (Å²) in [7, 11) is 7.15. The summed E-state index contributed by atoms with van der Waals surface area (Å²) in [5.74, 6) is 1.52. The van der Waals surface area contributed by atoms with Crippen molar-refractivity contribution in [1.29, 1.82) is 5.26 Å². The number of benzene rings is 2. The zero-order chi connectivity index (χ0) is 24.4. The van der Waals surface area contributed by atoms with E-state index in [0.717, 1.165) is 37.9 Å². The Bertz CT molecular complexity index is 922. The molecule has 33 heavy (non-hydrogen) atoms. The van der Waals surface area contributed by atoms with Gasteiger partial charge in [0.1, 0.15) is 0 Å². The van der Waals surface area contributed by atoms with Crippen molar-refractivity contribution in [2.45, 2.75) is 51.6 Å². The van der Waals surface area contributed by atoms with E-state index in [9.17, 15) is 5.26 Å². The van der Waals surface area contributed by atoms with E-state index < -0.39 is 5.41 Å². The van der Waals surface area contributed by atoms with Crippen molar-refractivity contribution >= 4 is 0 Å². The van der Waals surface area contributed by atoms with Gasteiger partial charge in [-0.3, -0.25) is 0 Å². The standard InChI is InChI=1S/C28H40N2O3/c1-21(2)28(20-29,25-12-13-26(32-6)27(19-25)33-7)15-9-16-30(4)17-14-23-10-8-11-24(18-23)22(3)31-5/h8,10-13,18-19,21-22H,9,14-17H2,1-7H3. The van der Waals surface area contributed by atoms with Crippen LogP contribution in [0.15, 0.2) is 42.5 Å². The molecule has 0 radical (unpaired) electrons. The lowest BCUT2D eigenvalue weighted by atomic mass is 9.69. The summed E-state index contributed by atoms with van der Waals surface area (Å²) in [5, 5.41) is 10.3. The Hall–Kier alpha value is -2.55. The lowest BCUT2D eigenvalue weighted by Crippen LogP contribution is -2.32. The number of likely N-dealkylation sites (N-methyl/N-ethyl adjacent to an activating group) is 1. The lowest BCUT2D eigenvalue weighted by molar-refractivity contribution is 0.119. The minimum atomic E-state index is -0.564. The van der Waals surface area contributed by atoms with Gasteiger partial charge < -0.3 is 19.1 Å². The number of methoxy groups -OCH3 is 3. The summed E-state index contributed by atoms with van der Waals surface area (Å²) in [5.41, 5.74) is 2.96. The molecule has 2 rings (SSSR count). The maximum absolute atomic E-state index is 10.3. The number of ether oxygens (including phenoxy) is 3. The second-order valence-corrected chi connectivity index (χ2v) is 9.09. The summed E-state index contributed by atoms with van der Waals surface area (Å²) < 4.78 is 16.3. The molecule has 5 heteroatoms. The fourth-order valence-corrected chi connectivity index (χ4v) is 4.33. The van der Waals surface area contributed by atoms with Crippen molar-refractivity contribution in [3.8, 4) is 17.6 Å². The third-order valence-electron chi connectivity index (χ3n) is 6.75. The third kappa shape index (κ3) is 6.72. The topological polar surface area (TPSA) is 54.7 Å². The van der Waals surface area contributed by atoms with Gasteiger partial charge in [0, 0.05) is 13.7 Å². The number of hydrogen-bond acceptors (Lipinski definition) is 5. The van der Waals surface area contributed by atoms with Gasteiger partial charge in [0.05, 0.1) is 31.8 Å². The Kier molecular flexibility index (Phi) is 10.2. The van der Waals surface area contributed by atoms with Gasteiger partial charge in [0.15, 0.2) is 11.5 Å². The zero-order valence-corrected chi connectivity index (χ0v) is 21.4. The second-order valence-electron chi connectivity index (χ2n) is 9.09. The Balaban J connectivity index is 2.01. The van der Waals surface area contributed by atoms with Crippen LogP contribution >= 0.6 is 0 Å². The molecular weight excluding hydrogens is 412 g/mol. The highest BCUT2D eigenvalue weighted by Gasteiger charge is 2.36. The van der Waals surface area contributed by atoms with Crippen LogP contribution < -0.4 is 9.47 Å². The van der Waals surface area contributed by atoms with Crippen LogP contribution in [0, 0.1) is 17.2 Å². The van der Waals surface area contributed by atoms with Crippen LogP contribution in [0.25, 0.3) is 0 Å². The molecule has 5 nitrogen and oxygen atoms in total. The molecule has 0 aliphatic heterocycles. The van der Waals surface area contributed by atoms with Crippen molar-refractivity contribution in [1.82, 2.24) is 4.90 Å². The minimum Gasteiger partial charge on any atom is -0.493 e. The molecule has 0 aliphatic carbocycles. The molecular formula is C28H40N2O3. The Morgan fingerprint density at radius 3 is 2.30 bits per heavy atom. The van der Waals surface area contributed by atoms with Crippen molar-refractivity contribution in [2.24, 2.45) is 5.92 Å². The molecule has 0 aliphatic rings. The van der Waals surface area contributed by atoms with Crippen LogP contribution in [-0.2, 0) is 16.6 Å². The van der Waals surface area contributed by atoms with Gasteiger partial charge in [-0.2, -0.15) is 5.26 Å². The summed E-state index contributed by atoms with van der Waals surface area (Å²) in [6, 6.07) is 17.1. The maximum atomic E-state index is 10.3. The number of nitriles is 1.